The first-order valence-electron chi connectivity index (χ1n) is 8.61. The molecular formula is C22H15BrN2O3. The molecule has 0 aliphatic carbocycles. The van der Waals surface area contributed by atoms with E-state index in [-0.39, 0.29) is 11.3 Å². The van der Waals surface area contributed by atoms with Gasteiger partial charge in [0.05, 0.1) is 11.6 Å². The number of ketones is 1. The third-order valence-electron chi connectivity index (χ3n) is 4.57. The van der Waals surface area contributed by atoms with Gasteiger partial charge in [0.1, 0.15) is 11.6 Å². The Labute approximate surface area is 170 Å². The van der Waals surface area contributed by atoms with Crippen molar-refractivity contribution in [3.63, 3.8) is 0 Å². The molecule has 0 unspecified atom stereocenters. The van der Waals surface area contributed by atoms with E-state index in [1.54, 1.807) is 48.7 Å². The number of hydrogen-bond donors (Lipinski definition) is 1. The molecule has 1 aliphatic heterocycles. The molecule has 4 rings (SSSR count). The van der Waals surface area contributed by atoms with Crippen LogP contribution in [0.5, 0.6) is 0 Å². The van der Waals surface area contributed by atoms with Crippen molar-refractivity contribution >= 4 is 39.2 Å². The summed E-state index contributed by atoms with van der Waals surface area (Å²) in [5, 5.41) is 10.9. The second kappa shape index (κ2) is 7.40. The number of aliphatic hydroxyl groups excluding tert-OH is 1. The van der Waals surface area contributed by atoms with Crippen LogP contribution in [0.25, 0.3) is 5.76 Å². The van der Waals surface area contributed by atoms with Crippen molar-refractivity contribution < 1.29 is 14.7 Å². The van der Waals surface area contributed by atoms with Gasteiger partial charge in [0, 0.05) is 16.2 Å². The lowest BCUT2D eigenvalue weighted by atomic mass is 9.95. The first-order chi connectivity index (χ1) is 13.6. The molecule has 138 valence electrons. The zero-order valence-corrected chi connectivity index (χ0v) is 16.2. The summed E-state index contributed by atoms with van der Waals surface area (Å²) in [7, 11) is 0. The summed E-state index contributed by atoms with van der Waals surface area (Å²) in [6.45, 7) is 0. The zero-order chi connectivity index (χ0) is 19.7. The number of pyridine rings is 1. The Morgan fingerprint density at radius 1 is 0.929 bits per heavy atom. The Kier molecular flexibility index (Phi) is 4.79. The summed E-state index contributed by atoms with van der Waals surface area (Å²) in [5.41, 5.74) is 1.22. The lowest BCUT2D eigenvalue weighted by Gasteiger charge is -2.24. The van der Waals surface area contributed by atoms with E-state index in [1.807, 2.05) is 30.3 Å². The van der Waals surface area contributed by atoms with Crippen LogP contribution in [0, 0.1) is 0 Å². The maximum Gasteiger partial charge on any atom is 0.301 e. The Morgan fingerprint density at radius 3 is 2.25 bits per heavy atom. The van der Waals surface area contributed by atoms with Gasteiger partial charge in [-0.05, 0) is 29.8 Å². The van der Waals surface area contributed by atoms with Crippen LogP contribution < -0.4 is 4.90 Å². The molecule has 1 aliphatic rings. The number of aliphatic hydroxyl groups is 1. The van der Waals surface area contributed by atoms with E-state index in [0.29, 0.717) is 16.9 Å². The molecule has 6 heteroatoms. The summed E-state index contributed by atoms with van der Waals surface area (Å²) in [6.07, 6.45) is 1.56. The largest absolute Gasteiger partial charge is 0.507 e. The highest BCUT2D eigenvalue weighted by atomic mass is 79.9. The highest BCUT2D eigenvalue weighted by molar-refractivity contribution is 9.10. The molecule has 1 saturated heterocycles. The van der Waals surface area contributed by atoms with Crippen LogP contribution in [-0.4, -0.2) is 21.8 Å². The van der Waals surface area contributed by atoms with E-state index < -0.39 is 17.7 Å². The van der Waals surface area contributed by atoms with Crippen molar-refractivity contribution in [1.29, 1.82) is 0 Å². The molecule has 5 nitrogen and oxygen atoms in total. The number of carbonyl (C=O) groups is 2. The number of rotatable bonds is 3. The number of hydrogen-bond acceptors (Lipinski definition) is 4. The Bertz CT molecular complexity index is 1060. The molecule has 0 bridgehead atoms. The fourth-order valence-electron chi connectivity index (χ4n) is 3.28. The minimum Gasteiger partial charge on any atom is -0.507 e. The number of aromatic nitrogens is 1. The van der Waals surface area contributed by atoms with Crippen molar-refractivity contribution in [2.45, 2.75) is 6.04 Å². The average Bonchev–Trinajstić information content (AvgIpc) is 3.00. The minimum absolute atomic E-state index is 0.0455. The van der Waals surface area contributed by atoms with Crippen molar-refractivity contribution in [3.05, 3.63) is 100 Å². The van der Waals surface area contributed by atoms with Gasteiger partial charge in [-0.2, -0.15) is 0 Å². The molecule has 1 fully saturated rings. The second-order valence-electron chi connectivity index (χ2n) is 6.27. The zero-order valence-electron chi connectivity index (χ0n) is 14.6. The Morgan fingerprint density at radius 2 is 1.61 bits per heavy atom. The molecule has 1 aromatic heterocycles. The van der Waals surface area contributed by atoms with Crippen molar-refractivity contribution in [1.82, 2.24) is 4.98 Å². The van der Waals surface area contributed by atoms with Crippen LogP contribution >= 0.6 is 15.9 Å². The molecule has 28 heavy (non-hydrogen) atoms. The van der Waals surface area contributed by atoms with E-state index in [0.717, 1.165) is 4.47 Å². The van der Waals surface area contributed by atoms with Gasteiger partial charge in [-0.25, -0.2) is 4.98 Å². The summed E-state index contributed by atoms with van der Waals surface area (Å²) in [6, 6.07) is 20.4. The van der Waals surface area contributed by atoms with Gasteiger partial charge in [0.25, 0.3) is 5.78 Å². The second-order valence-corrected chi connectivity index (χ2v) is 7.19. The van der Waals surface area contributed by atoms with Gasteiger partial charge in [-0.3, -0.25) is 14.5 Å². The maximum absolute atomic E-state index is 12.9. The molecule has 2 heterocycles. The predicted molar refractivity (Wildman–Crippen MR) is 110 cm³/mol. The van der Waals surface area contributed by atoms with Gasteiger partial charge in [-0.15, -0.1) is 0 Å². The first-order valence-corrected chi connectivity index (χ1v) is 9.40. The van der Waals surface area contributed by atoms with Crippen LogP contribution in [0.4, 0.5) is 5.82 Å². The molecule has 0 saturated carbocycles. The third kappa shape index (κ3) is 3.12. The number of Topliss-reactive ketones (excluding diaryl/α,β-unsaturated/α-hetero) is 1. The average molecular weight is 435 g/mol. The predicted octanol–water partition coefficient (Wildman–Crippen LogP) is 4.47. The monoisotopic (exact) mass is 434 g/mol. The smallest absolute Gasteiger partial charge is 0.301 e. The van der Waals surface area contributed by atoms with Crippen molar-refractivity contribution in [2.24, 2.45) is 0 Å². The number of amides is 1. The SMILES string of the molecule is O=C1C(=O)N(c2ccccn2)[C@H](c2ccccc2)/C1=C(\O)c1ccc(Br)cc1. The number of benzene rings is 2. The molecule has 3 aromatic rings. The fourth-order valence-corrected chi connectivity index (χ4v) is 3.54. The highest BCUT2D eigenvalue weighted by Gasteiger charge is 2.47. The number of nitrogens with zero attached hydrogens (tertiary/aromatic N) is 2. The van der Waals surface area contributed by atoms with Crippen LogP contribution in [0.1, 0.15) is 17.2 Å². The third-order valence-corrected chi connectivity index (χ3v) is 5.10. The van der Waals surface area contributed by atoms with Gasteiger partial charge in [0.15, 0.2) is 0 Å². The molecule has 0 radical (unpaired) electrons. The van der Waals surface area contributed by atoms with Crippen LogP contribution in [0.3, 0.4) is 0 Å². The lowest BCUT2D eigenvalue weighted by Crippen LogP contribution is -2.30. The number of carbonyl (C=O) groups excluding carboxylic acids is 2. The molecule has 1 atom stereocenters. The van der Waals surface area contributed by atoms with Gasteiger partial charge >= 0.3 is 5.91 Å². The topological polar surface area (TPSA) is 70.5 Å². The number of halogens is 1. The van der Waals surface area contributed by atoms with Crippen molar-refractivity contribution in [2.75, 3.05) is 4.90 Å². The summed E-state index contributed by atoms with van der Waals surface area (Å²) in [4.78, 5) is 31.4. The van der Waals surface area contributed by atoms with Gasteiger partial charge < -0.3 is 5.11 Å². The Hall–Kier alpha value is -3.25. The van der Waals surface area contributed by atoms with Crippen molar-refractivity contribution in [3.8, 4) is 0 Å². The molecule has 1 N–H and O–H groups in total. The maximum atomic E-state index is 12.9. The van der Waals surface area contributed by atoms with Gasteiger partial charge in [0.2, 0.25) is 0 Å². The van der Waals surface area contributed by atoms with E-state index in [1.165, 1.54) is 4.90 Å². The number of anilines is 1. The summed E-state index contributed by atoms with van der Waals surface area (Å²) >= 11 is 3.35. The summed E-state index contributed by atoms with van der Waals surface area (Å²) < 4.78 is 0.845. The lowest BCUT2D eigenvalue weighted by molar-refractivity contribution is -0.132. The van der Waals surface area contributed by atoms with Crippen LogP contribution in [-0.2, 0) is 9.59 Å². The van der Waals surface area contributed by atoms with E-state index in [4.69, 9.17) is 0 Å². The van der Waals surface area contributed by atoms with E-state index in [9.17, 15) is 14.7 Å². The Balaban J connectivity index is 1.94. The molecule has 0 spiro atoms. The minimum atomic E-state index is -0.764. The van der Waals surface area contributed by atoms with Gasteiger partial charge in [-0.1, -0.05) is 64.5 Å². The molecular weight excluding hydrogens is 420 g/mol. The quantitative estimate of drug-likeness (QED) is 0.375. The fraction of sp³-hybridized carbons (Fsp3) is 0.0455. The first kappa shape index (κ1) is 18.1. The molecule has 1 amide bonds. The van der Waals surface area contributed by atoms with E-state index >= 15 is 0 Å². The van der Waals surface area contributed by atoms with Crippen LogP contribution in [0.2, 0.25) is 0 Å². The highest BCUT2D eigenvalue weighted by Crippen LogP contribution is 2.41. The van der Waals surface area contributed by atoms with E-state index in [2.05, 4.69) is 20.9 Å². The molecule has 2 aromatic carbocycles. The van der Waals surface area contributed by atoms with Crippen LogP contribution in [0.15, 0.2) is 89.0 Å². The standard InChI is InChI=1S/C22H15BrN2O3/c23-16-11-9-15(10-12-16)20(26)18-19(14-6-2-1-3-7-14)25(22(28)21(18)27)17-8-4-5-13-24-17/h1-13,19,26H/b20-18+/t19-/m1/s1. The summed E-state index contributed by atoms with van der Waals surface area (Å²) in [5.74, 6) is -1.31. The normalized spacial score (nSPS) is 18.5.